The van der Waals surface area contributed by atoms with E-state index in [1.54, 1.807) is 6.92 Å². The molecule has 2 aromatic heterocycles. The molecule has 0 unspecified atom stereocenters. The van der Waals surface area contributed by atoms with Crippen molar-refractivity contribution in [1.82, 2.24) is 19.5 Å². The summed E-state index contributed by atoms with van der Waals surface area (Å²) in [6.07, 6.45) is -2.28. The van der Waals surface area contributed by atoms with Gasteiger partial charge in [0.05, 0.1) is 26.0 Å². The first-order valence-electron chi connectivity index (χ1n) is 11.0. The van der Waals surface area contributed by atoms with E-state index in [0.29, 0.717) is 17.8 Å². The molecule has 3 heterocycles. The van der Waals surface area contributed by atoms with E-state index in [1.165, 1.54) is 10.9 Å². The number of nitrogens with zero attached hydrogens (tertiary/aromatic N) is 4. The van der Waals surface area contributed by atoms with Crippen LogP contribution in [0.3, 0.4) is 0 Å². The highest BCUT2D eigenvalue weighted by Crippen LogP contribution is 2.32. The average Bonchev–Trinajstić information content (AvgIpc) is 3.35. The lowest BCUT2D eigenvalue weighted by Crippen LogP contribution is -2.33. The van der Waals surface area contributed by atoms with E-state index in [0.717, 1.165) is 17.5 Å². The molecule has 4 atom stereocenters. The normalized spacial score (nSPS) is 22.3. The van der Waals surface area contributed by atoms with Gasteiger partial charge in [-0.15, -0.1) is 0 Å². The Hall–Kier alpha value is -3.32. The van der Waals surface area contributed by atoms with Crippen molar-refractivity contribution in [2.24, 2.45) is 0 Å². The van der Waals surface area contributed by atoms with Gasteiger partial charge < -0.3 is 35.8 Å². The number of anilines is 3. The number of carbonyl (C=O) groups excluding carboxylic acids is 1. The maximum atomic E-state index is 11.9. The van der Waals surface area contributed by atoms with E-state index < -0.39 is 31.1 Å². The highest BCUT2D eigenvalue weighted by molar-refractivity contribution is 5.83. The molecule has 0 radical (unpaired) electrons. The molecule has 12 heteroatoms. The van der Waals surface area contributed by atoms with Gasteiger partial charge in [0.25, 0.3) is 0 Å². The van der Waals surface area contributed by atoms with Crippen molar-refractivity contribution in [3.05, 3.63) is 35.7 Å². The van der Waals surface area contributed by atoms with Gasteiger partial charge in [0, 0.05) is 5.69 Å². The molecular weight excluding hydrogens is 444 g/mol. The number of rotatable bonds is 8. The Labute approximate surface area is 195 Å². The lowest BCUT2D eigenvalue weighted by atomic mass is 10.0. The number of aliphatic hydroxyl groups excluding tert-OH is 3. The van der Waals surface area contributed by atoms with E-state index in [-0.39, 0.29) is 29.8 Å². The largest absolute Gasteiger partial charge is 0.466 e. The number of hydrogen-bond acceptors (Lipinski definition) is 11. The minimum absolute atomic E-state index is 0.110. The summed E-state index contributed by atoms with van der Waals surface area (Å²) in [6.45, 7) is 3.62. The van der Waals surface area contributed by atoms with Crippen molar-refractivity contribution in [2.75, 3.05) is 24.3 Å². The molecule has 4 rings (SSSR count). The molecule has 1 fully saturated rings. The topological polar surface area (TPSA) is 178 Å². The zero-order valence-corrected chi connectivity index (χ0v) is 18.9. The molecule has 182 valence electrons. The lowest BCUT2D eigenvalue weighted by molar-refractivity contribution is -0.142. The van der Waals surface area contributed by atoms with Gasteiger partial charge in [-0.2, -0.15) is 9.97 Å². The van der Waals surface area contributed by atoms with Crippen molar-refractivity contribution in [2.45, 2.75) is 51.2 Å². The summed E-state index contributed by atoms with van der Waals surface area (Å²) < 4.78 is 12.1. The third kappa shape index (κ3) is 4.53. The van der Waals surface area contributed by atoms with Crippen LogP contribution in [0.15, 0.2) is 24.5 Å². The summed E-state index contributed by atoms with van der Waals surface area (Å²) >= 11 is 0. The van der Waals surface area contributed by atoms with E-state index >= 15 is 0 Å². The SMILES string of the molecule is CCOC(=O)Cc1ccc(CC)c(Nc2nc(N)c3ncn([C@@H]4O[C@H](CO)[C@@H](O)[C@H]4O)c3n2)c1. The average molecular weight is 473 g/mol. The molecule has 0 aliphatic carbocycles. The van der Waals surface area contributed by atoms with E-state index in [2.05, 4.69) is 20.3 Å². The number of imidazole rings is 1. The Kier molecular flexibility index (Phi) is 6.93. The number of nitrogens with one attached hydrogen (secondary N) is 1. The van der Waals surface area contributed by atoms with Crippen molar-refractivity contribution >= 4 is 34.6 Å². The van der Waals surface area contributed by atoms with Crippen LogP contribution in [-0.4, -0.2) is 72.3 Å². The molecule has 0 bridgehead atoms. The molecule has 3 aromatic rings. The Bertz CT molecular complexity index is 1180. The molecular formula is C22H28N6O6. The fraction of sp³-hybridized carbons (Fsp3) is 0.455. The quantitative estimate of drug-likeness (QED) is 0.287. The Morgan fingerprint density at radius 3 is 2.74 bits per heavy atom. The van der Waals surface area contributed by atoms with Crippen molar-refractivity contribution < 1.29 is 29.6 Å². The summed E-state index contributed by atoms with van der Waals surface area (Å²) in [5.74, 6) is -0.0257. The van der Waals surface area contributed by atoms with Crippen LogP contribution in [0.1, 0.15) is 31.2 Å². The molecule has 0 spiro atoms. The molecule has 1 aromatic carbocycles. The highest BCUT2D eigenvalue weighted by Gasteiger charge is 2.44. The summed E-state index contributed by atoms with van der Waals surface area (Å²) in [7, 11) is 0. The van der Waals surface area contributed by atoms with Gasteiger partial charge in [0.1, 0.15) is 23.8 Å². The van der Waals surface area contributed by atoms with E-state index in [1.807, 2.05) is 25.1 Å². The second kappa shape index (κ2) is 9.89. The second-order valence-electron chi connectivity index (χ2n) is 7.94. The summed E-state index contributed by atoms with van der Waals surface area (Å²) in [6, 6.07) is 5.63. The smallest absolute Gasteiger partial charge is 0.310 e. The predicted octanol–water partition coefficient (Wildman–Crippen LogP) is 0.432. The molecule has 12 nitrogen and oxygen atoms in total. The van der Waals surface area contributed by atoms with E-state index in [9.17, 15) is 20.1 Å². The number of aliphatic hydroxyl groups is 3. The van der Waals surface area contributed by atoms with Crippen LogP contribution >= 0.6 is 0 Å². The highest BCUT2D eigenvalue weighted by atomic mass is 16.6. The second-order valence-corrected chi connectivity index (χ2v) is 7.94. The molecule has 1 saturated heterocycles. The van der Waals surface area contributed by atoms with Gasteiger partial charge in [0.2, 0.25) is 5.95 Å². The van der Waals surface area contributed by atoms with Crippen LogP contribution in [0.5, 0.6) is 0 Å². The fourth-order valence-corrected chi connectivity index (χ4v) is 3.95. The van der Waals surface area contributed by atoms with Crippen LogP contribution in [-0.2, 0) is 27.1 Å². The number of carbonyl (C=O) groups is 1. The van der Waals surface area contributed by atoms with Crippen LogP contribution in [0, 0.1) is 0 Å². The van der Waals surface area contributed by atoms with Crippen molar-refractivity contribution in [1.29, 1.82) is 0 Å². The summed E-state index contributed by atoms with van der Waals surface area (Å²) in [4.78, 5) is 24.9. The molecule has 0 amide bonds. The van der Waals surface area contributed by atoms with Gasteiger partial charge in [-0.3, -0.25) is 9.36 Å². The van der Waals surface area contributed by atoms with Crippen LogP contribution in [0.4, 0.5) is 17.5 Å². The van der Waals surface area contributed by atoms with Crippen molar-refractivity contribution in [3.8, 4) is 0 Å². The van der Waals surface area contributed by atoms with Gasteiger partial charge in [-0.1, -0.05) is 19.1 Å². The number of esters is 1. The minimum atomic E-state index is -1.30. The first-order chi connectivity index (χ1) is 16.4. The zero-order chi connectivity index (χ0) is 24.4. The first kappa shape index (κ1) is 23.8. The number of nitrogen functional groups attached to an aromatic ring is 1. The third-order valence-electron chi connectivity index (χ3n) is 5.70. The molecule has 0 saturated carbocycles. The van der Waals surface area contributed by atoms with Crippen LogP contribution in [0.25, 0.3) is 11.2 Å². The minimum Gasteiger partial charge on any atom is -0.466 e. The monoisotopic (exact) mass is 472 g/mol. The fourth-order valence-electron chi connectivity index (χ4n) is 3.95. The molecule has 1 aliphatic rings. The van der Waals surface area contributed by atoms with E-state index in [4.69, 9.17) is 15.2 Å². The number of fused-ring (bicyclic) bond motifs is 1. The van der Waals surface area contributed by atoms with Crippen molar-refractivity contribution in [3.63, 3.8) is 0 Å². The van der Waals surface area contributed by atoms with Gasteiger partial charge in [-0.25, -0.2) is 4.98 Å². The molecule has 34 heavy (non-hydrogen) atoms. The molecule has 1 aliphatic heterocycles. The molecule has 6 N–H and O–H groups in total. The number of benzene rings is 1. The Morgan fingerprint density at radius 2 is 2.06 bits per heavy atom. The number of nitrogens with two attached hydrogens (primary N) is 1. The van der Waals surface area contributed by atoms with Crippen LogP contribution in [0.2, 0.25) is 0 Å². The maximum Gasteiger partial charge on any atom is 0.310 e. The van der Waals surface area contributed by atoms with Gasteiger partial charge in [-0.05, 0) is 30.5 Å². The predicted molar refractivity (Wildman–Crippen MR) is 122 cm³/mol. The van der Waals surface area contributed by atoms with Gasteiger partial charge in [0.15, 0.2) is 17.7 Å². The first-order valence-corrected chi connectivity index (χ1v) is 11.0. The zero-order valence-electron chi connectivity index (χ0n) is 18.9. The van der Waals surface area contributed by atoms with Gasteiger partial charge >= 0.3 is 5.97 Å². The third-order valence-corrected chi connectivity index (χ3v) is 5.70. The Morgan fingerprint density at radius 1 is 1.26 bits per heavy atom. The number of aryl methyl sites for hydroxylation is 1. The maximum absolute atomic E-state index is 11.9. The summed E-state index contributed by atoms with van der Waals surface area (Å²) in [5, 5.41) is 33.1. The standard InChI is InChI=1S/C22H28N6O6/c1-3-12-6-5-11(8-15(30)33-4-2)7-13(12)25-22-26-19(23)16-20(27-22)28(10-24-16)21-18(32)17(31)14(9-29)34-21/h5-7,10,14,17-18,21,29,31-32H,3-4,8-9H2,1-2H3,(H3,23,25,26,27)/t14-,17-,18-,21-/m1/s1. The lowest BCUT2D eigenvalue weighted by Gasteiger charge is -2.17. The summed E-state index contributed by atoms with van der Waals surface area (Å²) in [5.41, 5.74) is 9.16. The Balaban J connectivity index is 1.67. The number of ether oxygens (including phenoxy) is 2. The number of hydrogen-bond donors (Lipinski definition) is 5. The van der Waals surface area contributed by atoms with Crippen LogP contribution < -0.4 is 11.1 Å². The number of aromatic nitrogens is 4.